The van der Waals surface area contributed by atoms with E-state index in [1.165, 1.54) is 0 Å². The lowest BCUT2D eigenvalue weighted by Gasteiger charge is -2.36. The summed E-state index contributed by atoms with van der Waals surface area (Å²) in [6.07, 6.45) is 4.64. The van der Waals surface area contributed by atoms with Gasteiger partial charge in [0.15, 0.2) is 5.16 Å². The van der Waals surface area contributed by atoms with E-state index in [2.05, 4.69) is 10.3 Å². The van der Waals surface area contributed by atoms with Gasteiger partial charge in [0, 0.05) is 49.4 Å². The number of aryl methyl sites for hydroxylation is 1. The van der Waals surface area contributed by atoms with E-state index in [4.69, 9.17) is 0 Å². The van der Waals surface area contributed by atoms with Gasteiger partial charge in [-0.15, -0.1) is 0 Å². The number of hydrogen-bond acceptors (Lipinski definition) is 4. The summed E-state index contributed by atoms with van der Waals surface area (Å²) in [4.78, 5) is 33.3. The number of benzene rings is 2. The third-order valence-corrected chi connectivity index (χ3v) is 6.65. The Morgan fingerprint density at radius 2 is 1.84 bits per heavy atom. The molecule has 0 fully saturated rings. The van der Waals surface area contributed by atoms with Crippen LogP contribution in [-0.4, -0.2) is 32.3 Å². The van der Waals surface area contributed by atoms with E-state index in [0.717, 1.165) is 21.2 Å². The zero-order valence-electron chi connectivity index (χ0n) is 18.6. The van der Waals surface area contributed by atoms with Crippen molar-refractivity contribution in [1.29, 1.82) is 0 Å². The number of fused-ring (bicyclic) bond motifs is 1. The first-order valence-electron chi connectivity index (χ1n) is 10.8. The quantitative estimate of drug-likeness (QED) is 0.603. The molecule has 1 atom stereocenters. The summed E-state index contributed by atoms with van der Waals surface area (Å²) in [5, 5.41) is 3.92. The molecule has 1 unspecified atom stereocenters. The molecule has 1 aromatic heterocycles. The van der Waals surface area contributed by atoms with Crippen LogP contribution < -0.4 is 5.32 Å². The predicted octanol–water partition coefficient (Wildman–Crippen LogP) is 4.51. The molecule has 0 spiro atoms. The van der Waals surface area contributed by atoms with Gasteiger partial charge in [-0.3, -0.25) is 9.59 Å². The van der Waals surface area contributed by atoms with Crippen LogP contribution in [-0.2, 0) is 29.6 Å². The normalized spacial score (nSPS) is 15.5. The van der Waals surface area contributed by atoms with Crippen molar-refractivity contribution >= 4 is 29.3 Å². The van der Waals surface area contributed by atoms with Crippen LogP contribution in [0.5, 0.6) is 0 Å². The summed E-state index contributed by atoms with van der Waals surface area (Å²) in [5.74, 6) is 0.115. The standard InChI is InChI=1S/C25H28N4O2S/c1-17(2)14-23(30)29-16-19-7-5-4-6-18(19)15-22(29)24(31)27-20-8-10-21(11-9-20)32-25-26-12-13-28(25)3/h4-13,17,22H,14-16H2,1-3H3,(H,27,31). The fourth-order valence-corrected chi connectivity index (χ4v) is 4.67. The predicted molar refractivity (Wildman–Crippen MR) is 126 cm³/mol. The molecular weight excluding hydrogens is 420 g/mol. The highest BCUT2D eigenvalue weighted by Gasteiger charge is 2.34. The average molecular weight is 449 g/mol. The largest absolute Gasteiger partial charge is 0.329 e. The lowest BCUT2D eigenvalue weighted by Crippen LogP contribution is -2.50. The van der Waals surface area contributed by atoms with Crippen LogP contribution in [0.4, 0.5) is 5.69 Å². The second-order valence-corrected chi connectivity index (χ2v) is 9.59. The minimum Gasteiger partial charge on any atom is -0.329 e. The molecule has 0 aliphatic carbocycles. The highest BCUT2D eigenvalue weighted by atomic mass is 32.2. The van der Waals surface area contributed by atoms with E-state index in [-0.39, 0.29) is 17.7 Å². The molecule has 0 saturated carbocycles. The third-order valence-electron chi connectivity index (χ3n) is 5.56. The molecule has 0 radical (unpaired) electrons. The Hall–Kier alpha value is -3.06. The Kier molecular flexibility index (Phi) is 6.65. The first-order chi connectivity index (χ1) is 15.4. The maximum Gasteiger partial charge on any atom is 0.247 e. The Labute approximate surface area is 193 Å². The van der Waals surface area contributed by atoms with Crippen LogP contribution in [0.2, 0.25) is 0 Å². The lowest BCUT2D eigenvalue weighted by molar-refractivity contribution is -0.140. The summed E-state index contributed by atoms with van der Waals surface area (Å²) >= 11 is 1.57. The van der Waals surface area contributed by atoms with Crippen LogP contribution in [0.3, 0.4) is 0 Å². The van der Waals surface area contributed by atoms with Crippen LogP contribution in [0.15, 0.2) is 71.0 Å². The maximum atomic E-state index is 13.2. The molecule has 2 amide bonds. The monoisotopic (exact) mass is 448 g/mol. The van der Waals surface area contributed by atoms with Crippen molar-refractivity contribution in [3.63, 3.8) is 0 Å². The molecule has 6 nitrogen and oxygen atoms in total. The lowest BCUT2D eigenvalue weighted by atomic mass is 9.92. The van der Waals surface area contributed by atoms with Crippen molar-refractivity contribution in [1.82, 2.24) is 14.5 Å². The van der Waals surface area contributed by atoms with Crippen molar-refractivity contribution < 1.29 is 9.59 Å². The molecule has 4 rings (SSSR count). The second-order valence-electron chi connectivity index (χ2n) is 8.54. The zero-order valence-corrected chi connectivity index (χ0v) is 19.4. The van der Waals surface area contributed by atoms with Gasteiger partial charge in [0.1, 0.15) is 6.04 Å². The number of aromatic nitrogens is 2. The van der Waals surface area contributed by atoms with Gasteiger partial charge >= 0.3 is 0 Å². The van der Waals surface area contributed by atoms with E-state index >= 15 is 0 Å². The molecule has 2 heterocycles. The van der Waals surface area contributed by atoms with E-state index in [1.807, 2.05) is 80.2 Å². The van der Waals surface area contributed by atoms with Gasteiger partial charge in [-0.25, -0.2) is 4.98 Å². The Morgan fingerprint density at radius 1 is 1.12 bits per heavy atom. The average Bonchev–Trinajstić information content (AvgIpc) is 3.18. The Bertz CT molecular complexity index is 1110. The maximum absolute atomic E-state index is 13.2. The van der Waals surface area contributed by atoms with Crippen LogP contribution >= 0.6 is 11.8 Å². The summed E-state index contributed by atoms with van der Waals surface area (Å²) in [6.45, 7) is 4.52. The molecule has 1 N–H and O–H groups in total. The Morgan fingerprint density at radius 3 is 2.50 bits per heavy atom. The highest BCUT2D eigenvalue weighted by molar-refractivity contribution is 7.99. The van der Waals surface area contributed by atoms with Crippen LogP contribution in [0.1, 0.15) is 31.4 Å². The van der Waals surface area contributed by atoms with Crippen molar-refractivity contribution in [3.8, 4) is 0 Å². The number of nitrogens with zero attached hydrogens (tertiary/aromatic N) is 3. The SMILES string of the molecule is CC(C)CC(=O)N1Cc2ccccc2CC1C(=O)Nc1ccc(Sc2nccn2C)cc1. The van der Waals surface area contributed by atoms with Crippen molar-refractivity contribution in [2.45, 2.75) is 49.3 Å². The van der Waals surface area contributed by atoms with E-state index in [1.54, 1.807) is 22.9 Å². The van der Waals surface area contributed by atoms with Gasteiger partial charge < -0.3 is 14.8 Å². The summed E-state index contributed by atoms with van der Waals surface area (Å²) in [7, 11) is 1.96. The first kappa shape index (κ1) is 22.1. The minimum atomic E-state index is -0.516. The minimum absolute atomic E-state index is 0.0245. The van der Waals surface area contributed by atoms with Crippen LogP contribution in [0, 0.1) is 5.92 Å². The van der Waals surface area contributed by atoms with Gasteiger partial charge in [-0.2, -0.15) is 0 Å². The van der Waals surface area contributed by atoms with Gasteiger partial charge in [-0.1, -0.05) is 49.9 Å². The number of anilines is 1. The number of nitrogens with one attached hydrogen (secondary N) is 1. The number of carbonyl (C=O) groups excluding carboxylic acids is 2. The number of hydrogen-bond donors (Lipinski definition) is 1. The molecule has 0 bridgehead atoms. The molecular formula is C25H28N4O2S. The second kappa shape index (κ2) is 9.61. The van der Waals surface area contributed by atoms with Crippen molar-refractivity contribution in [3.05, 3.63) is 72.1 Å². The zero-order chi connectivity index (χ0) is 22.7. The van der Waals surface area contributed by atoms with E-state index < -0.39 is 6.04 Å². The smallest absolute Gasteiger partial charge is 0.247 e. The van der Waals surface area contributed by atoms with Gasteiger partial charge in [0.25, 0.3) is 0 Å². The molecule has 3 aromatic rings. The number of imidazole rings is 1. The molecule has 7 heteroatoms. The topological polar surface area (TPSA) is 67.2 Å². The summed E-state index contributed by atoms with van der Waals surface area (Å²) in [6, 6.07) is 15.2. The van der Waals surface area contributed by atoms with E-state index in [0.29, 0.717) is 25.1 Å². The number of amides is 2. The van der Waals surface area contributed by atoms with Gasteiger partial charge in [0.2, 0.25) is 11.8 Å². The molecule has 166 valence electrons. The van der Waals surface area contributed by atoms with Gasteiger partial charge in [0.05, 0.1) is 0 Å². The van der Waals surface area contributed by atoms with Crippen molar-refractivity contribution in [2.75, 3.05) is 5.32 Å². The molecule has 0 saturated heterocycles. The Balaban J connectivity index is 1.48. The number of rotatable bonds is 6. The van der Waals surface area contributed by atoms with E-state index in [9.17, 15) is 9.59 Å². The highest BCUT2D eigenvalue weighted by Crippen LogP contribution is 2.28. The van der Waals surface area contributed by atoms with Crippen molar-refractivity contribution in [2.24, 2.45) is 13.0 Å². The first-order valence-corrected chi connectivity index (χ1v) is 11.6. The fourth-order valence-electron chi connectivity index (χ4n) is 3.87. The number of carbonyl (C=O) groups is 2. The fraction of sp³-hybridized carbons (Fsp3) is 0.320. The molecule has 32 heavy (non-hydrogen) atoms. The van der Waals surface area contributed by atoms with Gasteiger partial charge in [-0.05, 0) is 41.3 Å². The van der Waals surface area contributed by atoms with Crippen LogP contribution in [0.25, 0.3) is 0 Å². The molecule has 2 aromatic carbocycles. The summed E-state index contributed by atoms with van der Waals surface area (Å²) < 4.78 is 1.96. The third kappa shape index (κ3) is 5.05. The molecule has 1 aliphatic heterocycles. The summed E-state index contributed by atoms with van der Waals surface area (Å²) in [5.41, 5.74) is 2.96. The molecule has 1 aliphatic rings.